The van der Waals surface area contributed by atoms with E-state index in [1.165, 1.54) is 0 Å². The van der Waals surface area contributed by atoms with Crippen molar-refractivity contribution in [2.45, 2.75) is 18.9 Å². The summed E-state index contributed by atoms with van der Waals surface area (Å²) in [4.78, 5) is 0. The van der Waals surface area contributed by atoms with Crippen molar-refractivity contribution in [2.75, 3.05) is 44.8 Å². The second-order valence-electron chi connectivity index (χ2n) is 5.73. The number of nitrogens with one attached hydrogen (secondary N) is 2. The molecule has 1 spiro atoms. The van der Waals surface area contributed by atoms with E-state index in [1.807, 2.05) is 19.1 Å². The maximum absolute atomic E-state index is 6.02. The van der Waals surface area contributed by atoms with Crippen molar-refractivity contribution < 1.29 is 9.47 Å². The first-order valence-electron chi connectivity index (χ1n) is 7.22. The topological polar surface area (TPSA) is 68.3 Å². The molecule has 6 heteroatoms. The van der Waals surface area contributed by atoms with Crippen LogP contribution in [-0.4, -0.2) is 55.3 Å². The van der Waals surface area contributed by atoms with Crippen LogP contribution >= 0.6 is 0 Å². The fraction of sp³-hybridized carbons (Fsp3) is 0.714. The standard InChI is InChI=1S/C14H22N4O2/c1-11-2-3-13(18-17-11)16-7-12-6-14(20-8-12)9-15-4-5-19-10-14/h2-3,12,15H,4-10H2,1H3,(H,16,18). The number of hydrogen-bond acceptors (Lipinski definition) is 6. The van der Waals surface area contributed by atoms with E-state index in [-0.39, 0.29) is 5.60 Å². The van der Waals surface area contributed by atoms with Gasteiger partial charge in [-0.2, -0.15) is 5.10 Å². The van der Waals surface area contributed by atoms with Gasteiger partial charge in [0.1, 0.15) is 11.4 Å². The van der Waals surface area contributed by atoms with Gasteiger partial charge >= 0.3 is 0 Å². The average Bonchev–Trinajstić information content (AvgIpc) is 2.71. The van der Waals surface area contributed by atoms with Gasteiger partial charge in [-0.25, -0.2) is 0 Å². The zero-order chi connectivity index (χ0) is 13.8. The highest BCUT2D eigenvalue weighted by molar-refractivity contribution is 5.32. The number of anilines is 1. The first kappa shape index (κ1) is 13.7. The Morgan fingerprint density at radius 3 is 3.25 bits per heavy atom. The second kappa shape index (κ2) is 6.03. The van der Waals surface area contributed by atoms with E-state index in [2.05, 4.69) is 20.8 Å². The minimum Gasteiger partial charge on any atom is -0.377 e. The molecule has 2 atom stereocenters. The molecule has 3 rings (SSSR count). The molecule has 6 nitrogen and oxygen atoms in total. The Labute approximate surface area is 119 Å². The van der Waals surface area contributed by atoms with Gasteiger partial charge in [0.15, 0.2) is 0 Å². The van der Waals surface area contributed by atoms with Crippen molar-refractivity contribution in [3.05, 3.63) is 17.8 Å². The number of nitrogens with zero attached hydrogens (tertiary/aromatic N) is 2. The van der Waals surface area contributed by atoms with Gasteiger partial charge in [-0.05, 0) is 25.5 Å². The summed E-state index contributed by atoms with van der Waals surface area (Å²) < 4.78 is 11.6. The fourth-order valence-electron chi connectivity index (χ4n) is 2.81. The van der Waals surface area contributed by atoms with Crippen LogP contribution in [0.2, 0.25) is 0 Å². The van der Waals surface area contributed by atoms with E-state index in [0.29, 0.717) is 12.5 Å². The number of hydrogen-bond donors (Lipinski definition) is 2. The van der Waals surface area contributed by atoms with Crippen LogP contribution in [0.1, 0.15) is 12.1 Å². The third kappa shape index (κ3) is 3.26. The predicted molar refractivity (Wildman–Crippen MR) is 75.7 cm³/mol. The molecule has 2 aliphatic rings. The van der Waals surface area contributed by atoms with Crippen molar-refractivity contribution in [1.82, 2.24) is 15.5 Å². The first-order valence-corrected chi connectivity index (χ1v) is 7.22. The fourth-order valence-corrected chi connectivity index (χ4v) is 2.81. The summed E-state index contributed by atoms with van der Waals surface area (Å²) >= 11 is 0. The van der Waals surface area contributed by atoms with Gasteiger partial charge in [-0.15, -0.1) is 5.10 Å². The van der Waals surface area contributed by atoms with E-state index in [1.54, 1.807) is 0 Å². The van der Waals surface area contributed by atoms with Crippen molar-refractivity contribution >= 4 is 5.82 Å². The second-order valence-corrected chi connectivity index (χ2v) is 5.73. The molecule has 2 fully saturated rings. The summed E-state index contributed by atoms with van der Waals surface area (Å²) in [6.45, 7) is 6.83. The molecule has 0 bridgehead atoms. The molecule has 0 radical (unpaired) electrons. The molecular formula is C14H22N4O2. The summed E-state index contributed by atoms with van der Waals surface area (Å²) in [5, 5.41) is 14.9. The maximum atomic E-state index is 6.02. The molecule has 20 heavy (non-hydrogen) atoms. The van der Waals surface area contributed by atoms with Gasteiger partial charge in [-0.1, -0.05) is 0 Å². The van der Waals surface area contributed by atoms with Crippen molar-refractivity contribution in [3.8, 4) is 0 Å². The van der Waals surface area contributed by atoms with Crippen LogP contribution in [0, 0.1) is 12.8 Å². The molecule has 0 aromatic carbocycles. The highest BCUT2D eigenvalue weighted by Gasteiger charge is 2.41. The van der Waals surface area contributed by atoms with Gasteiger partial charge in [-0.3, -0.25) is 0 Å². The van der Waals surface area contributed by atoms with Gasteiger partial charge in [0.2, 0.25) is 0 Å². The minimum atomic E-state index is -0.137. The van der Waals surface area contributed by atoms with Crippen LogP contribution in [0.4, 0.5) is 5.82 Å². The van der Waals surface area contributed by atoms with Gasteiger partial charge in [0.25, 0.3) is 0 Å². The highest BCUT2D eigenvalue weighted by Crippen LogP contribution is 2.31. The Balaban J connectivity index is 1.51. The number of aryl methyl sites for hydroxylation is 1. The van der Waals surface area contributed by atoms with Crippen LogP contribution in [0.15, 0.2) is 12.1 Å². The lowest BCUT2D eigenvalue weighted by molar-refractivity contribution is -0.0471. The number of aromatic nitrogens is 2. The molecule has 0 amide bonds. The minimum absolute atomic E-state index is 0.137. The van der Waals surface area contributed by atoms with Crippen LogP contribution in [-0.2, 0) is 9.47 Å². The van der Waals surface area contributed by atoms with Crippen molar-refractivity contribution in [2.24, 2.45) is 5.92 Å². The monoisotopic (exact) mass is 278 g/mol. The van der Waals surface area contributed by atoms with Gasteiger partial charge in [0, 0.05) is 25.6 Å². The molecule has 110 valence electrons. The highest BCUT2D eigenvalue weighted by atomic mass is 16.5. The summed E-state index contributed by atoms with van der Waals surface area (Å²) in [6.07, 6.45) is 1.02. The number of rotatable bonds is 3. The maximum Gasteiger partial charge on any atom is 0.148 e. The molecule has 1 aromatic heterocycles. The van der Waals surface area contributed by atoms with E-state index < -0.39 is 0 Å². The van der Waals surface area contributed by atoms with Crippen LogP contribution in [0.25, 0.3) is 0 Å². The molecule has 2 saturated heterocycles. The summed E-state index contributed by atoms with van der Waals surface area (Å²) in [5.74, 6) is 1.31. The van der Waals surface area contributed by atoms with Crippen LogP contribution < -0.4 is 10.6 Å². The Bertz CT molecular complexity index is 429. The molecule has 3 heterocycles. The Morgan fingerprint density at radius 2 is 2.40 bits per heavy atom. The zero-order valence-electron chi connectivity index (χ0n) is 11.9. The molecule has 1 aromatic rings. The van der Waals surface area contributed by atoms with Crippen molar-refractivity contribution in [1.29, 1.82) is 0 Å². The molecule has 2 N–H and O–H groups in total. The first-order chi connectivity index (χ1) is 9.76. The van der Waals surface area contributed by atoms with Crippen LogP contribution in [0.5, 0.6) is 0 Å². The molecule has 0 saturated carbocycles. The Kier molecular flexibility index (Phi) is 4.14. The van der Waals surface area contributed by atoms with E-state index >= 15 is 0 Å². The lowest BCUT2D eigenvalue weighted by Crippen LogP contribution is -2.42. The molecule has 2 aliphatic heterocycles. The van der Waals surface area contributed by atoms with Gasteiger partial charge in [0.05, 0.1) is 25.5 Å². The van der Waals surface area contributed by atoms with E-state index in [0.717, 1.165) is 50.8 Å². The lowest BCUT2D eigenvalue weighted by Gasteiger charge is -2.25. The summed E-state index contributed by atoms with van der Waals surface area (Å²) in [6, 6.07) is 3.93. The SMILES string of the molecule is Cc1ccc(NCC2COC3(CNCCOC3)C2)nn1. The predicted octanol–water partition coefficient (Wildman–Crippen LogP) is 0.592. The Hall–Kier alpha value is -1.24. The molecule has 0 aliphatic carbocycles. The summed E-state index contributed by atoms with van der Waals surface area (Å²) in [7, 11) is 0. The van der Waals surface area contributed by atoms with Crippen molar-refractivity contribution in [3.63, 3.8) is 0 Å². The third-order valence-electron chi connectivity index (χ3n) is 3.89. The third-order valence-corrected chi connectivity index (χ3v) is 3.89. The largest absolute Gasteiger partial charge is 0.377 e. The Morgan fingerprint density at radius 1 is 1.45 bits per heavy atom. The van der Waals surface area contributed by atoms with Crippen LogP contribution in [0.3, 0.4) is 0 Å². The zero-order valence-corrected chi connectivity index (χ0v) is 11.9. The average molecular weight is 278 g/mol. The quantitative estimate of drug-likeness (QED) is 0.843. The molecular weight excluding hydrogens is 256 g/mol. The molecule has 2 unspecified atom stereocenters. The van der Waals surface area contributed by atoms with Gasteiger partial charge < -0.3 is 20.1 Å². The van der Waals surface area contributed by atoms with E-state index in [9.17, 15) is 0 Å². The smallest absolute Gasteiger partial charge is 0.148 e. The normalized spacial score (nSPS) is 30.4. The van der Waals surface area contributed by atoms with E-state index in [4.69, 9.17) is 9.47 Å². The number of ether oxygens (including phenoxy) is 2. The summed E-state index contributed by atoms with van der Waals surface area (Å²) in [5.41, 5.74) is 0.794. The lowest BCUT2D eigenvalue weighted by atomic mass is 9.94.